The normalized spacial score (nSPS) is 16.1. The molecule has 2 aromatic rings. The van der Waals surface area contributed by atoms with Crippen molar-refractivity contribution < 1.29 is 14.6 Å². The van der Waals surface area contributed by atoms with Crippen molar-refractivity contribution in [1.29, 1.82) is 0 Å². The number of carboxylic acid groups (broad SMARTS) is 1. The first-order chi connectivity index (χ1) is 9.20. The van der Waals surface area contributed by atoms with Crippen LogP contribution in [-0.2, 0) is 0 Å². The molecular formula is C14H16N2O3. The highest BCUT2D eigenvalue weighted by Gasteiger charge is 2.23. The molecule has 1 heterocycles. The third-order valence-electron chi connectivity index (χ3n) is 3.82. The van der Waals surface area contributed by atoms with Gasteiger partial charge in [-0.15, -0.1) is 0 Å². The lowest BCUT2D eigenvalue weighted by Gasteiger charge is -2.03. The molecule has 1 saturated carbocycles. The number of imidazole rings is 1. The number of aromatic nitrogens is 2. The molecule has 3 rings (SSSR count). The topological polar surface area (TPSA) is 75.2 Å². The van der Waals surface area contributed by atoms with Crippen molar-refractivity contribution in [3.63, 3.8) is 0 Å². The van der Waals surface area contributed by atoms with Gasteiger partial charge in [-0.05, 0) is 25.0 Å². The summed E-state index contributed by atoms with van der Waals surface area (Å²) in [6, 6.07) is 3.21. The van der Waals surface area contributed by atoms with Crippen LogP contribution in [0, 0.1) is 0 Å². The van der Waals surface area contributed by atoms with E-state index < -0.39 is 5.97 Å². The fraction of sp³-hybridized carbons (Fsp3) is 0.429. The fourth-order valence-corrected chi connectivity index (χ4v) is 2.82. The minimum absolute atomic E-state index is 0.219. The Balaban J connectivity index is 2.17. The second kappa shape index (κ2) is 4.57. The van der Waals surface area contributed by atoms with Gasteiger partial charge in [0.05, 0.1) is 12.7 Å². The van der Waals surface area contributed by atoms with E-state index in [-0.39, 0.29) is 5.56 Å². The van der Waals surface area contributed by atoms with Gasteiger partial charge in [-0.1, -0.05) is 12.8 Å². The fourth-order valence-electron chi connectivity index (χ4n) is 2.82. The number of ether oxygens (including phenoxy) is 1. The molecule has 1 aromatic carbocycles. The maximum atomic E-state index is 11.3. The van der Waals surface area contributed by atoms with Gasteiger partial charge in [0.25, 0.3) is 0 Å². The summed E-state index contributed by atoms with van der Waals surface area (Å²) in [5.41, 5.74) is 1.40. The van der Waals surface area contributed by atoms with Gasteiger partial charge in [-0.25, -0.2) is 9.78 Å². The maximum Gasteiger partial charge on any atom is 0.337 e. The van der Waals surface area contributed by atoms with Crippen LogP contribution in [0.3, 0.4) is 0 Å². The average molecular weight is 260 g/mol. The molecule has 1 aliphatic carbocycles. The molecular weight excluding hydrogens is 244 g/mol. The molecule has 1 fully saturated rings. The molecule has 0 saturated heterocycles. The first-order valence-electron chi connectivity index (χ1n) is 6.50. The van der Waals surface area contributed by atoms with Gasteiger partial charge in [-0.3, -0.25) is 0 Å². The Labute approximate surface area is 110 Å². The van der Waals surface area contributed by atoms with E-state index in [4.69, 9.17) is 4.74 Å². The Morgan fingerprint density at radius 1 is 1.42 bits per heavy atom. The molecule has 1 aliphatic rings. The van der Waals surface area contributed by atoms with Crippen molar-refractivity contribution in [3.8, 4) is 5.75 Å². The number of rotatable bonds is 3. The first-order valence-corrected chi connectivity index (χ1v) is 6.50. The minimum Gasteiger partial charge on any atom is -0.494 e. The second-order valence-electron chi connectivity index (χ2n) is 4.95. The minimum atomic E-state index is -0.961. The molecule has 2 N–H and O–H groups in total. The quantitative estimate of drug-likeness (QED) is 0.889. The predicted octanol–water partition coefficient (Wildman–Crippen LogP) is 2.93. The van der Waals surface area contributed by atoms with Gasteiger partial charge in [0, 0.05) is 5.92 Å². The van der Waals surface area contributed by atoms with Crippen LogP contribution in [0.25, 0.3) is 11.0 Å². The number of hydrogen-bond acceptors (Lipinski definition) is 3. The first kappa shape index (κ1) is 12.0. The summed E-state index contributed by atoms with van der Waals surface area (Å²) in [4.78, 5) is 19.0. The van der Waals surface area contributed by atoms with E-state index in [1.165, 1.54) is 12.8 Å². The lowest BCUT2D eigenvalue weighted by atomic mass is 10.1. The van der Waals surface area contributed by atoms with Crippen LogP contribution in [0.15, 0.2) is 12.1 Å². The van der Waals surface area contributed by atoms with Crippen molar-refractivity contribution in [3.05, 3.63) is 23.5 Å². The number of carboxylic acids is 1. The highest BCUT2D eigenvalue weighted by Crippen LogP contribution is 2.35. The molecule has 5 heteroatoms. The number of nitrogens with zero attached hydrogens (tertiary/aromatic N) is 1. The van der Waals surface area contributed by atoms with Crippen molar-refractivity contribution in [2.45, 2.75) is 31.6 Å². The van der Waals surface area contributed by atoms with E-state index in [9.17, 15) is 9.90 Å². The van der Waals surface area contributed by atoms with E-state index in [2.05, 4.69) is 9.97 Å². The van der Waals surface area contributed by atoms with Crippen LogP contribution in [0.4, 0.5) is 0 Å². The number of nitrogens with one attached hydrogen (secondary N) is 1. The lowest BCUT2D eigenvalue weighted by molar-refractivity contribution is 0.0699. The highest BCUT2D eigenvalue weighted by molar-refractivity contribution is 6.02. The molecule has 0 radical (unpaired) electrons. The third-order valence-corrected chi connectivity index (χ3v) is 3.82. The van der Waals surface area contributed by atoms with E-state index >= 15 is 0 Å². The zero-order valence-corrected chi connectivity index (χ0v) is 10.8. The van der Waals surface area contributed by atoms with Crippen molar-refractivity contribution in [1.82, 2.24) is 9.97 Å². The Bertz CT molecular complexity index is 627. The molecule has 0 bridgehead atoms. The molecule has 5 nitrogen and oxygen atoms in total. The van der Waals surface area contributed by atoms with E-state index in [1.54, 1.807) is 19.2 Å². The van der Waals surface area contributed by atoms with Gasteiger partial charge in [0.2, 0.25) is 0 Å². The number of aromatic carboxylic acids is 1. The van der Waals surface area contributed by atoms with Gasteiger partial charge >= 0.3 is 5.97 Å². The average Bonchev–Trinajstić information content (AvgIpc) is 3.05. The third kappa shape index (κ3) is 1.95. The summed E-state index contributed by atoms with van der Waals surface area (Å²) in [5.74, 6) is 0.979. The molecule has 0 aliphatic heterocycles. The van der Waals surface area contributed by atoms with Crippen molar-refractivity contribution in [2.24, 2.45) is 0 Å². The number of aromatic amines is 1. The monoisotopic (exact) mass is 260 g/mol. The van der Waals surface area contributed by atoms with Crippen molar-refractivity contribution in [2.75, 3.05) is 7.11 Å². The Hall–Kier alpha value is -2.04. The summed E-state index contributed by atoms with van der Waals surface area (Å²) < 4.78 is 5.27. The largest absolute Gasteiger partial charge is 0.494 e. The summed E-state index contributed by atoms with van der Waals surface area (Å²) in [6.45, 7) is 0. The Kier molecular flexibility index (Phi) is 2.89. The number of benzene rings is 1. The van der Waals surface area contributed by atoms with Crippen molar-refractivity contribution >= 4 is 17.0 Å². The van der Waals surface area contributed by atoms with Gasteiger partial charge < -0.3 is 14.8 Å². The highest BCUT2D eigenvalue weighted by atomic mass is 16.5. The van der Waals surface area contributed by atoms with E-state index in [0.717, 1.165) is 18.7 Å². The van der Waals surface area contributed by atoms with Crippen LogP contribution < -0.4 is 4.74 Å². The summed E-state index contributed by atoms with van der Waals surface area (Å²) in [5, 5.41) is 9.23. The molecule has 0 amide bonds. The standard InChI is InChI=1S/C14H16N2O3/c1-19-10-7-6-9(14(17)18)11-12(10)16-13(15-11)8-4-2-3-5-8/h6-8H,2-5H2,1H3,(H,15,16)(H,17,18). The molecule has 1 aromatic heterocycles. The summed E-state index contributed by atoms with van der Waals surface area (Å²) in [6.07, 6.45) is 4.66. The van der Waals surface area contributed by atoms with Crippen LogP contribution in [-0.4, -0.2) is 28.2 Å². The van der Waals surface area contributed by atoms with Crippen LogP contribution in [0.2, 0.25) is 0 Å². The van der Waals surface area contributed by atoms with Gasteiger partial charge in [0.1, 0.15) is 22.6 Å². The van der Waals surface area contributed by atoms with E-state index in [1.807, 2.05) is 0 Å². The number of methoxy groups -OCH3 is 1. The number of carbonyl (C=O) groups is 1. The van der Waals surface area contributed by atoms with E-state index in [0.29, 0.717) is 22.7 Å². The predicted molar refractivity (Wildman–Crippen MR) is 70.8 cm³/mol. The summed E-state index contributed by atoms with van der Waals surface area (Å²) in [7, 11) is 1.57. The second-order valence-corrected chi connectivity index (χ2v) is 4.95. The molecule has 19 heavy (non-hydrogen) atoms. The zero-order chi connectivity index (χ0) is 13.4. The molecule has 0 unspecified atom stereocenters. The maximum absolute atomic E-state index is 11.3. The van der Waals surface area contributed by atoms with Crippen LogP contribution >= 0.6 is 0 Å². The number of H-pyrrole nitrogens is 1. The molecule has 100 valence electrons. The van der Waals surface area contributed by atoms with Gasteiger partial charge in [-0.2, -0.15) is 0 Å². The van der Waals surface area contributed by atoms with Gasteiger partial charge in [0.15, 0.2) is 0 Å². The smallest absolute Gasteiger partial charge is 0.337 e. The lowest BCUT2D eigenvalue weighted by Crippen LogP contribution is -1.98. The van der Waals surface area contributed by atoms with Crippen LogP contribution in [0.5, 0.6) is 5.75 Å². The van der Waals surface area contributed by atoms with Crippen LogP contribution in [0.1, 0.15) is 47.8 Å². The molecule has 0 atom stereocenters. The zero-order valence-electron chi connectivity index (χ0n) is 10.8. The number of hydrogen-bond donors (Lipinski definition) is 2. The Morgan fingerprint density at radius 3 is 2.79 bits per heavy atom. The number of fused-ring (bicyclic) bond motifs is 1. The molecule has 0 spiro atoms. The SMILES string of the molecule is COc1ccc(C(=O)O)c2nc(C3CCCC3)[nH]c12. The Morgan fingerprint density at radius 2 is 2.16 bits per heavy atom. The summed E-state index contributed by atoms with van der Waals surface area (Å²) >= 11 is 0.